The minimum atomic E-state index is -0.381. The van der Waals surface area contributed by atoms with E-state index >= 15 is 0 Å². The van der Waals surface area contributed by atoms with E-state index in [0.717, 1.165) is 30.9 Å². The molecule has 1 heterocycles. The van der Waals surface area contributed by atoms with Crippen molar-refractivity contribution in [2.24, 2.45) is 0 Å². The summed E-state index contributed by atoms with van der Waals surface area (Å²) in [4.78, 5) is 14.0. The molecule has 1 aromatic rings. The predicted molar refractivity (Wildman–Crippen MR) is 75.3 cm³/mol. The van der Waals surface area contributed by atoms with E-state index in [1.54, 1.807) is 6.92 Å². The van der Waals surface area contributed by atoms with Crippen molar-refractivity contribution >= 4 is 28.3 Å². The van der Waals surface area contributed by atoms with E-state index in [4.69, 9.17) is 10.5 Å². The number of nitrogens with zero attached hydrogens (tertiary/aromatic N) is 2. The lowest BCUT2D eigenvalue weighted by Gasteiger charge is -2.21. The maximum atomic E-state index is 11.9. The summed E-state index contributed by atoms with van der Waals surface area (Å²) in [5.74, 6) is -0.114. The summed E-state index contributed by atoms with van der Waals surface area (Å²) in [6.45, 7) is 8.05. The average Bonchev–Trinajstić information content (AvgIpc) is 2.73. The molecule has 18 heavy (non-hydrogen) atoms. The number of ether oxygens (including phenoxy) is 1. The summed E-state index contributed by atoms with van der Waals surface area (Å²) >= 11 is 1.26. The number of unbranched alkanes of at least 4 members (excludes halogenated alkanes) is 1. The Labute approximate surface area is 112 Å². The third kappa shape index (κ3) is 3.35. The van der Waals surface area contributed by atoms with Crippen LogP contribution in [0.3, 0.4) is 0 Å². The number of esters is 1. The molecule has 102 valence electrons. The minimum absolute atomic E-state index is 0.267. The molecule has 0 saturated carbocycles. The molecule has 2 N–H and O–H groups in total. The Bertz CT molecular complexity index is 393. The summed E-state index contributed by atoms with van der Waals surface area (Å²) in [6, 6.07) is 0. The Morgan fingerprint density at radius 3 is 2.72 bits per heavy atom. The van der Waals surface area contributed by atoms with Crippen LogP contribution in [0.15, 0.2) is 0 Å². The second-order valence-corrected chi connectivity index (χ2v) is 4.65. The van der Waals surface area contributed by atoms with E-state index in [-0.39, 0.29) is 11.8 Å². The number of nitrogens with two attached hydrogens (primary N) is 1. The van der Waals surface area contributed by atoms with Gasteiger partial charge >= 0.3 is 5.97 Å². The maximum Gasteiger partial charge on any atom is 0.345 e. The predicted octanol–water partition coefficient (Wildman–Crippen LogP) is 2.53. The first-order valence-electron chi connectivity index (χ1n) is 6.32. The topological polar surface area (TPSA) is 68.5 Å². The molecule has 0 atom stereocenters. The molecule has 6 heteroatoms. The Kier molecular flexibility index (Phi) is 5.91. The van der Waals surface area contributed by atoms with Crippen LogP contribution in [0.2, 0.25) is 0 Å². The van der Waals surface area contributed by atoms with E-state index in [0.29, 0.717) is 12.2 Å². The van der Waals surface area contributed by atoms with Crippen molar-refractivity contribution in [2.45, 2.75) is 33.6 Å². The molecule has 1 rings (SSSR count). The highest BCUT2D eigenvalue weighted by atomic mass is 32.1. The third-order valence-corrected chi connectivity index (χ3v) is 3.55. The largest absolute Gasteiger partial charge is 0.462 e. The van der Waals surface area contributed by atoms with Gasteiger partial charge in [0.25, 0.3) is 0 Å². The average molecular weight is 271 g/mol. The standard InChI is InChI=1S/C12H21N3O2S/c1-4-7-8-15(5-2)11-9(10(13)14-18-11)12(16)17-6-3/h4-8H2,1-3H3,(H2,13,14). The summed E-state index contributed by atoms with van der Waals surface area (Å²) in [5.41, 5.74) is 6.18. The monoisotopic (exact) mass is 271 g/mol. The fourth-order valence-corrected chi connectivity index (χ4v) is 2.55. The van der Waals surface area contributed by atoms with Gasteiger partial charge in [0, 0.05) is 13.1 Å². The Morgan fingerprint density at radius 1 is 1.44 bits per heavy atom. The van der Waals surface area contributed by atoms with Crippen LogP contribution >= 0.6 is 11.5 Å². The summed E-state index contributed by atoms with van der Waals surface area (Å²) in [5, 5.41) is 0.821. The zero-order chi connectivity index (χ0) is 13.5. The molecule has 0 unspecified atom stereocenters. The number of aromatic nitrogens is 1. The molecular weight excluding hydrogens is 250 g/mol. The van der Waals surface area contributed by atoms with Crippen LogP contribution in [-0.2, 0) is 4.74 Å². The molecule has 0 aliphatic carbocycles. The normalized spacial score (nSPS) is 10.4. The van der Waals surface area contributed by atoms with Crippen molar-refractivity contribution in [2.75, 3.05) is 30.3 Å². The summed E-state index contributed by atoms with van der Waals surface area (Å²) in [7, 11) is 0. The van der Waals surface area contributed by atoms with Crippen LogP contribution in [0.25, 0.3) is 0 Å². The number of hydrogen-bond donors (Lipinski definition) is 1. The molecule has 0 bridgehead atoms. The second-order valence-electron chi connectivity index (χ2n) is 3.90. The van der Waals surface area contributed by atoms with Gasteiger partial charge in [-0.15, -0.1) is 0 Å². The molecule has 0 saturated heterocycles. The first kappa shape index (κ1) is 14.8. The van der Waals surface area contributed by atoms with Crippen LogP contribution in [0, 0.1) is 0 Å². The first-order valence-corrected chi connectivity index (χ1v) is 7.10. The summed E-state index contributed by atoms with van der Waals surface area (Å²) in [6.07, 6.45) is 2.19. The number of carbonyl (C=O) groups is 1. The van der Waals surface area contributed by atoms with Gasteiger partial charge in [0.15, 0.2) is 5.82 Å². The molecule has 0 aromatic carbocycles. The first-order chi connectivity index (χ1) is 8.65. The number of hydrogen-bond acceptors (Lipinski definition) is 6. The lowest BCUT2D eigenvalue weighted by molar-refractivity contribution is 0.0528. The van der Waals surface area contributed by atoms with Gasteiger partial charge in [-0.1, -0.05) is 13.3 Å². The zero-order valence-corrected chi connectivity index (χ0v) is 12.0. The smallest absolute Gasteiger partial charge is 0.345 e. The van der Waals surface area contributed by atoms with Crippen molar-refractivity contribution in [3.63, 3.8) is 0 Å². The van der Waals surface area contributed by atoms with Crippen LogP contribution in [0.5, 0.6) is 0 Å². The Morgan fingerprint density at radius 2 is 2.17 bits per heavy atom. The van der Waals surface area contributed by atoms with Crippen molar-refractivity contribution in [1.82, 2.24) is 4.37 Å². The lowest BCUT2D eigenvalue weighted by Crippen LogP contribution is -2.25. The van der Waals surface area contributed by atoms with Gasteiger partial charge in [-0.2, -0.15) is 4.37 Å². The molecular formula is C12H21N3O2S. The molecule has 1 aromatic heterocycles. The molecule has 0 spiro atoms. The molecule has 0 aliphatic heterocycles. The van der Waals surface area contributed by atoms with E-state index in [1.807, 2.05) is 0 Å². The van der Waals surface area contributed by atoms with Crippen LogP contribution in [0.1, 0.15) is 44.0 Å². The number of nitrogen functional groups attached to an aromatic ring is 1. The van der Waals surface area contributed by atoms with Crippen molar-refractivity contribution < 1.29 is 9.53 Å². The maximum absolute atomic E-state index is 11.9. The van der Waals surface area contributed by atoms with E-state index < -0.39 is 0 Å². The van der Waals surface area contributed by atoms with Gasteiger partial charge in [-0.05, 0) is 31.8 Å². The zero-order valence-electron chi connectivity index (χ0n) is 11.2. The Hall–Kier alpha value is -1.30. The van der Waals surface area contributed by atoms with Gasteiger partial charge in [-0.3, -0.25) is 0 Å². The highest BCUT2D eigenvalue weighted by Gasteiger charge is 2.23. The van der Waals surface area contributed by atoms with Gasteiger partial charge in [-0.25, -0.2) is 4.79 Å². The molecule has 0 amide bonds. The molecule has 5 nitrogen and oxygen atoms in total. The van der Waals surface area contributed by atoms with Crippen molar-refractivity contribution in [1.29, 1.82) is 0 Å². The molecule has 0 radical (unpaired) electrons. The quantitative estimate of drug-likeness (QED) is 0.772. The highest BCUT2D eigenvalue weighted by molar-refractivity contribution is 7.11. The fraction of sp³-hybridized carbons (Fsp3) is 0.667. The van der Waals surface area contributed by atoms with Gasteiger partial charge < -0.3 is 15.4 Å². The van der Waals surface area contributed by atoms with E-state index in [2.05, 4.69) is 23.1 Å². The number of rotatable bonds is 7. The van der Waals surface area contributed by atoms with Crippen LogP contribution in [0.4, 0.5) is 10.8 Å². The van der Waals surface area contributed by atoms with Gasteiger partial charge in [0.1, 0.15) is 10.6 Å². The SMILES string of the molecule is CCCCN(CC)c1snc(N)c1C(=O)OCC. The minimum Gasteiger partial charge on any atom is -0.462 e. The highest BCUT2D eigenvalue weighted by Crippen LogP contribution is 2.31. The summed E-state index contributed by atoms with van der Waals surface area (Å²) < 4.78 is 9.10. The van der Waals surface area contributed by atoms with Crippen LogP contribution < -0.4 is 10.6 Å². The number of anilines is 2. The van der Waals surface area contributed by atoms with Crippen molar-refractivity contribution in [3.05, 3.63) is 5.56 Å². The van der Waals surface area contributed by atoms with E-state index in [1.165, 1.54) is 11.5 Å². The molecule has 0 fully saturated rings. The fourth-order valence-electron chi connectivity index (χ4n) is 1.66. The molecule has 0 aliphatic rings. The van der Waals surface area contributed by atoms with Crippen LogP contribution in [-0.4, -0.2) is 30.0 Å². The second kappa shape index (κ2) is 7.20. The number of carbonyl (C=O) groups excluding carboxylic acids is 1. The van der Waals surface area contributed by atoms with Crippen molar-refractivity contribution in [3.8, 4) is 0 Å². The third-order valence-electron chi connectivity index (χ3n) is 2.63. The van der Waals surface area contributed by atoms with E-state index in [9.17, 15) is 4.79 Å². The Balaban J connectivity index is 2.96. The lowest BCUT2D eigenvalue weighted by atomic mass is 10.2. The van der Waals surface area contributed by atoms with Gasteiger partial charge in [0.05, 0.1) is 6.61 Å². The van der Waals surface area contributed by atoms with Gasteiger partial charge in [0.2, 0.25) is 0 Å².